The van der Waals surface area contributed by atoms with E-state index < -0.39 is 7.26 Å². The van der Waals surface area contributed by atoms with E-state index in [0.717, 1.165) is 0 Å². The smallest absolute Gasteiger partial charge is 0.0620 e. The summed E-state index contributed by atoms with van der Waals surface area (Å²) in [7, 11) is -0.975. The maximum Gasteiger partial charge on any atom is 0.0979 e. The molecular weight excluding hydrogens is 163 g/mol. The summed E-state index contributed by atoms with van der Waals surface area (Å²) in [5, 5.41) is 1.48. The fourth-order valence-corrected chi connectivity index (χ4v) is 3.13. The molecule has 0 aliphatic carbocycles. The summed E-state index contributed by atoms with van der Waals surface area (Å²) in [6.45, 7) is 6.76. The van der Waals surface area contributed by atoms with Crippen LogP contribution in [0.3, 0.4) is 0 Å². The molecule has 0 heterocycles. The summed E-state index contributed by atoms with van der Waals surface area (Å²) in [6.07, 6.45) is 2.15. The van der Waals surface area contributed by atoms with E-state index in [4.69, 9.17) is 0 Å². The number of hydrogen-bond acceptors (Lipinski definition) is 0. The van der Waals surface area contributed by atoms with Crippen LogP contribution in [0.2, 0.25) is 0 Å². The monoisotopic (exact) mass is 179 g/mol. The predicted molar refractivity (Wildman–Crippen MR) is 59.7 cm³/mol. The molecule has 0 atom stereocenters. The van der Waals surface area contributed by atoms with Gasteiger partial charge >= 0.3 is 0 Å². The van der Waals surface area contributed by atoms with Crippen molar-refractivity contribution in [2.75, 3.05) is 13.3 Å². The molecule has 0 saturated carbocycles. The second-order valence-corrected chi connectivity index (χ2v) is 7.25. The maximum absolute atomic E-state index is 2.34. The van der Waals surface area contributed by atoms with Crippen molar-refractivity contribution in [1.82, 2.24) is 0 Å². The van der Waals surface area contributed by atoms with Crippen molar-refractivity contribution >= 4 is 12.6 Å². The standard InChI is InChI=1S/C11H16P/c1-4-10-12(2,3)11-8-6-5-7-9-11/h4-10H,1-3H3/q+1/b10-4+. The third-order valence-corrected chi connectivity index (χ3v) is 4.62. The minimum absolute atomic E-state index is 0.975. The molecule has 0 bridgehead atoms. The molecule has 0 radical (unpaired) electrons. The Morgan fingerprint density at radius 3 is 2.17 bits per heavy atom. The SMILES string of the molecule is C/C=C/[P+](C)(C)c1ccccc1. The summed E-state index contributed by atoms with van der Waals surface area (Å²) < 4.78 is 0. The summed E-state index contributed by atoms with van der Waals surface area (Å²) in [5.74, 6) is 2.34. The molecule has 0 spiro atoms. The fraction of sp³-hybridized carbons (Fsp3) is 0.273. The quantitative estimate of drug-likeness (QED) is 0.612. The lowest BCUT2D eigenvalue weighted by atomic mass is 10.4. The molecule has 0 aromatic heterocycles. The second kappa shape index (κ2) is 3.87. The molecule has 12 heavy (non-hydrogen) atoms. The van der Waals surface area contributed by atoms with Crippen molar-refractivity contribution < 1.29 is 0 Å². The first-order valence-corrected chi connectivity index (χ1v) is 6.95. The maximum atomic E-state index is 2.34. The Morgan fingerprint density at radius 1 is 1.08 bits per heavy atom. The van der Waals surface area contributed by atoms with E-state index >= 15 is 0 Å². The third-order valence-electron chi connectivity index (χ3n) is 1.94. The summed E-state index contributed by atoms with van der Waals surface area (Å²) in [6, 6.07) is 10.7. The van der Waals surface area contributed by atoms with E-state index in [2.05, 4.69) is 62.5 Å². The lowest BCUT2D eigenvalue weighted by Crippen LogP contribution is -2.05. The van der Waals surface area contributed by atoms with Crippen molar-refractivity contribution in [1.29, 1.82) is 0 Å². The van der Waals surface area contributed by atoms with Gasteiger partial charge in [-0.2, -0.15) is 0 Å². The van der Waals surface area contributed by atoms with Gasteiger partial charge in [0.15, 0.2) is 0 Å². The first-order valence-electron chi connectivity index (χ1n) is 4.20. The van der Waals surface area contributed by atoms with Gasteiger partial charge in [0, 0.05) is 0 Å². The Hall–Kier alpha value is -0.610. The zero-order valence-corrected chi connectivity index (χ0v) is 8.88. The van der Waals surface area contributed by atoms with E-state index in [1.165, 1.54) is 5.30 Å². The van der Waals surface area contributed by atoms with E-state index in [9.17, 15) is 0 Å². The van der Waals surface area contributed by atoms with E-state index in [-0.39, 0.29) is 0 Å². The first kappa shape index (κ1) is 9.48. The molecule has 0 unspecified atom stereocenters. The number of hydrogen-bond donors (Lipinski definition) is 0. The average molecular weight is 179 g/mol. The van der Waals surface area contributed by atoms with Crippen LogP contribution in [0.4, 0.5) is 0 Å². The van der Waals surface area contributed by atoms with Crippen LogP contribution in [-0.4, -0.2) is 13.3 Å². The minimum atomic E-state index is -0.975. The molecule has 0 saturated heterocycles. The Bertz CT molecular complexity index is 260. The number of allylic oxidation sites excluding steroid dienone is 1. The Labute approximate surface area is 75.7 Å². The number of benzene rings is 1. The van der Waals surface area contributed by atoms with Gasteiger partial charge in [0.05, 0.1) is 31.7 Å². The molecule has 0 aliphatic heterocycles. The van der Waals surface area contributed by atoms with E-state index in [0.29, 0.717) is 0 Å². The Kier molecular flexibility index (Phi) is 3.05. The van der Waals surface area contributed by atoms with Crippen molar-refractivity contribution in [3.63, 3.8) is 0 Å². The van der Waals surface area contributed by atoms with Crippen LogP contribution in [-0.2, 0) is 0 Å². The van der Waals surface area contributed by atoms with Crippen LogP contribution < -0.4 is 5.30 Å². The molecule has 0 amide bonds. The van der Waals surface area contributed by atoms with Gasteiger partial charge in [-0.05, 0) is 19.1 Å². The predicted octanol–water partition coefficient (Wildman–Crippen LogP) is 3.12. The summed E-state index contributed by atoms with van der Waals surface area (Å²) in [5.41, 5.74) is 0. The molecule has 0 nitrogen and oxygen atoms in total. The van der Waals surface area contributed by atoms with Crippen LogP contribution in [0.5, 0.6) is 0 Å². The molecule has 1 heteroatoms. The van der Waals surface area contributed by atoms with E-state index in [1.807, 2.05) is 0 Å². The molecule has 0 fully saturated rings. The van der Waals surface area contributed by atoms with Crippen LogP contribution >= 0.6 is 7.26 Å². The van der Waals surface area contributed by atoms with Gasteiger partial charge in [-0.1, -0.05) is 24.3 Å². The Morgan fingerprint density at radius 2 is 1.67 bits per heavy atom. The van der Waals surface area contributed by atoms with Gasteiger partial charge < -0.3 is 0 Å². The molecule has 0 N–H and O–H groups in total. The Balaban J connectivity index is 2.97. The molecule has 1 rings (SSSR count). The topological polar surface area (TPSA) is 0 Å². The van der Waals surface area contributed by atoms with E-state index in [1.54, 1.807) is 0 Å². The van der Waals surface area contributed by atoms with Crippen molar-refractivity contribution in [2.45, 2.75) is 6.92 Å². The van der Waals surface area contributed by atoms with Crippen LogP contribution in [0, 0.1) is 0 Å². The second-order valence-electron chi connectivity index (χ2n) is 3.36. The van der Waals surface area contributed by atoms with Gasteiger partial charge in [0.1, 0.15) is 0 Å². The molecular formula is C11H16P+. The highest BCUT2D eigenvalue weighted by Crippen LogP contribution is 2.51. The molecule has 1 aromatic rings. The lowest BCUT2D eigenvalue weighted by Gasteiger charge is -2.11. The van der Waals surface area contributed by atoms with Gasteiger partial charge in [-0.25, -0.2) is 0 Å². The molecule has 1 aromatic carbocycles. The summed E-state index contributed by atoms with van der Waals surface area (Å²) in [4.78, 5) is 0. The highest BCUT2D eigenvalue weighted by molar-refractivity contribution is 7.84. The van der Waals surface area contributed by atoms with Crippen molar-refractivity contribution in [3.05, 3.63) is 42.2 Å². The summed E-state index contributed by atoms with van der Waals surface area (Å²) >= 11 is 0. The minimum Gasteiger partial charge on any atom is -0.0620 e. The van der Waals surface area contributed by atoms with Crippen molar-refractivity contribution in [3.8, 4) is 0 Å². The van der Waals surface area contributed by atoms with Crippen molar-refractivity contribution in [2.24, 2.45) is 0 Å². The first-order chi connectivity index (χ1) is 5.67. The largest absolute Gasteiger partial charge is 0.0979 e. The van der Waals surface area contributed by atoms with Crippen LogP contribution in [0.15, 0.2) is 42.2 Å². The van der Waals surface area contributed by atoms with Gasteiger partial charge in [0.25, 0.3) is 0 Å². The molecule has 64 valence electrons. The fourth-order valence-electron chi connectivity index (χ4n) is 1.27. The lowest BCUT2D eigenvalue weighted by molar-refractivity contribution is 1.74. The van der Waals surface area contributed by atoms with Gasteiger partial charge in [-0.3, -0.25) is 0 Å². The van der Waals surface area contributed by atoms with Gasteiger partial charge in [0.2, 0.25) is 0 Å². The third kappa shape index (κ3) is 2.19. The zero-order chi connectivity index (χ0) is 9.03. The number of rotatable bonds is 2. The normalized spacial score (nSPS) is 12.2. The van der Waals surface area contributed by atoms with Crippen LogP contribution in [0.1, 0.15) is 6.92 Å². The highest BCUT2D eigenvalue weighted by Gasteiger charge is 2.23. The van der Waals surface area contributed by atoms with Crippen LogP contribution in [0.25, 0.3) is 0 Å². The average Bonchev–Trinajstić information content (AvgIpc) is 2.06. The zero-order valence-electron chi connectivity index (χ0n) is 7.99. The highest BCUT2D eigenvalue weighted by atomic mass is 31.2. The molecule has 0 aliphatic rings. The van der Waals surface area contributed by atoms with Gasteiger partial charge in [-0.15, -0.1) is 0 Å².